The third-order valence-electron chi connectivity index (χ3n) is 2.53. The lowest BCUT2D eigenvalue weighted by Crippen LogP contribution is -2.15. The minimum Gasteiger partial charge on any atom is -0.328 e. The first-order valence-electron chi connectivity index (χ1n) is 5.53. The first-order valence-corrected chi connectivity index (χ1v) is 5.91. The monoisotopic (exact) mass is 229 g/mol. The van der Waals surface area contributed by atoms with Crippen LogP contribution in [-0.2, 0) is 13.0 Å². The van der Waals surface area contributed by atoms with Gasteiger partial charge in [-0.2, -0.15) is 5.10 Å². The van der Waals surface area contributed by atoms with Crippen LogP contribution < -0.4 is 5.73 Å². The highest BCUT2D eigenvalue weighted by Gasteiger charge is 2.11. The van der Waals surface area contributed by atoms with Crippen molar-refractivity contribution in [3.8, 4) is 0 Å². The molecule has 1 heterocycles. The van der Waals surface area contributed by atoms with Crippen molar-refractivity contribution in [2.45, 2.75) is 52.6 Å². The summed E-state index contributed by atoms with van der Waals surface area (Å²) in [6.07, 6.45) is 3.07. The van der Waals surface area contributed by atoms with Crippen LogP contribution in [0.4, 0.5) is 0 Å². The van der Waals surface area contributed by atoms with Gasteiger partial charge >= 0.3 is 0 Å². The second-order valence-electron chi connectivity index (χ2n) is 4.03. The minimum atomic E-state index is 0.267. The first kappa shape index (κ1) is 12.5. The Morgan fingerprint density at radius 1 is 1.53 bits per heavy atom. The molecule has 15 heavy (non-hydrogen) atoms. The molecule has 1 unspecified atom stereocenters. The maximum absolute atomic E-state index is 6.19. The van der Waals surface area contributed by atoms with Crippen molar-refractivity contribution in [3.63, 3.8) is 0 Å². The van der Waals surface area contributed by atoms with Gasteiger partial charge in [0.1, 0.15) is 0 Å². The van der Waals surface area contributed by atoms with E-state index in [4.69, 9.17) is 17.3 Å². The fourth-order valence-electron chi connectivity index (χ4n) is 1.70. The number of nitrogens with zero attached hydrogens (tertiary/aromatic N) is 2. The lowest BCUT2D eigenvalue weighted by molar-refractivity contribution is 0.575. The molecule has 0 aromatic carbocycles. The molecule has 0 radical (unpaired) electrons. The third kappa shape index (κ3) is 3.21. The summed E-state index contributed by atoms with van der Waals surface area (Å²) in [6, 6.07) is 0.267. The predicted octanol–water partition coefficient (Wildman–Crippen LogP) is 2.53. The summed E-state index contributed by atoms with van der Waals surface area (Å²) < 4.78 is 1.98. The van der Waals surface area contributed by atoms with Crippen LogP contribution in [0.5, 0.6) is 0 Å². The van der Waals surface area contributed by atoms with Crippen LogP contribution in [0.25, 0.3) is 0 Å². The molecule has 86 valence electrons. The Hall–Kier alpha value is -0.540. The molecule has 0 saturated heterocycles. The Kier molecular flexibility index (Phi) is 4.61. The van der Waals surface area contributed by atoms with Gasteiger partial charge in [0.2, 0.25) is 0 Å². The van der Waals surface area contributed by atoms with Crippen molar-refractivity contribution in [1.29, 1.82) is 0 Å². The molecule has 0 amide bonds. The van der Waals surface area contributed by atoms with Crippen LogP contribution in [0, 0.1) is 6.92 Å². The summed E-state index contributed by atoms with van der Waals surface area (Å²) in [5.74, 6) is 0. The first-order chi connectivity index (χ1) is 7.06. The molecule has 1 rings (SSSR count). The molecule has 4 heteroatoms. The highest BCUT2D eigenvalue weighted by Crippen LogP contribution is 2.22. The Balaban J connectivity index is 2.66. The van der Waals surface area contributed by atoms with Gasteiger partial charge in [0.05, 0.1) is 16.4 Å². The van der Waals surface area contributed by atoms with Crippen LogP contribution in [0.2, 0.25) is 5.02 Å². The summed E-state index contributed by atoms with van der Waals surface area (Å²) in [7, 11) is 0. The molecule has 1 aromatic rings. The van der Waals surface area contributed by atoms with Gasteiger partial charge in [0.15, 0.2) is 0 Å². The van der Waals surface area contributed by atoms with Gasteiger partial charge in [-0.05, 0) is 40.0 Å². The van der Waals surface area contributed by atoms with Crippen LogP contribution in [-0.4, -0.2) is 15.8 Å². The number of nitrogens with two attached hydrogens (primary N) is 1. The van der Waals surface area contributed by atoms with Crippen LogP contribution >= 0.6 is 11.6 Å². The zero-order valence-electron chi connectivity index (χ0n) is 9.76. The van der Waals surface area contributed by atoms with E-state index >= 15 is 0 Å². The molecule has 0 aliphatic carbocycles. The fraction of sp³-hybridized carbons (Fsp3) is 0.727. The Morgan fingerprint density at radius 3 is 2.73 bits per heavy atom. The van der Waals surface area contributed by atoms with Crippen molar-refractivity contribution in [1.82, 2.24) is 9.78 Å². The van der Waals surface area contributed by atoms with Crippen molar-refractivity contribution in [2.24, 2.45) is 5.73 Å². The van der Waals surface area contributed by atoms with Gasteiger partial charge in [-0.3, -0.25) is 4.68 Å². The molecular weight excluding hydrogens is 210 g/mol. The third-order valence-corrected chi connectivity index (χ3v) is 3.02. The molecule has 0 aliphatic heterocycles. The smallest absolute Gasteiger partial charge is 0.0847 e. The zero-order chi connectivity index (χ0) is 11.4. The van der Waals surface area contributed by atoms with Crippen LogP contribution in [0.1, 0.15) is 38.1 Å². The van der Waals surface area contributed by atoms with E-state index in [0.29, 0.717) is 0 Å². The highest BCUT2D eigenvalue weighted by atomic mass is 35.5. The topological polar surface area (TPSA) is 43.8 Å². The van der Waals surface area contributed by atoms with Gasteiger partial charge in [-0.1, -0.05) is 11.6 Å². The molecular formula is C11H20ClN3. The fourth-order valence-corrected chi connectivity index (χ4v) is 1.93. The second-order valence-corrected chi connectivity index (χ2v) is 4.41. The molecule has 0 fully saturated rings. The summed E-state index contributed by atoms with van der Waals surface area (Å²) in [5, 5.41) is 5.20. The highest BCUT2D eigenvalue weighted by molar-refractivity contribution is 6.31. The van der Waals surface area contributed by atoms with E-state index < -0.39 is 0 Å². The Bertz CT molecular complexity index is 318. The van der Waals surface area contributed by atoms with E-state index in [-0.39, 0.29) is 6.04 Å². The Labute approximate surface area is 96.6 Å². The van der Waals surface area contributed by atoms with Gasteiger partial charge in [0.25, 0.3) is 0 Å². The average Bonchev–Trinajstić information content (AvgIpc) is 2.44. The van der Waals surface area contributed by atoms with E-state index in [9.17, 15) is 0 Å². The number of rotatable bonds is 5. The van der Waals surface area contributed by atoms with E-state index in [2.05, 4.69) is 12.0 Å². The number of hydrogen-bond acceptors (Lipinski definition) is 2. The molecule has 3 nitrogen and oxygen atoms in total. The van der Waals surface area contributed by atoms with Crippen molar-refractivity contribution >= 4 is 11.6 Å². The number of aromatic nitrogens is 2. The standard InChI is InChI=1S/C11H20ClN3/c1-4-15-10(7-5-6-8(2)13)11(12)9(3)14-15/h8H,4-7,13H2,1-3H3. The van der Waals surface area contributed by atoms with E-state index in [0.717, 1.165) is 42.2 Å². The lowest BCUT2D eigenvalue weighted by atomic mass is 10.1. The minimum absolute atomic E-state index is 0.267. The Morgan fingerprint density at radius 2 is 2.20 bits per heavy atom. The largest absolute Gasteiger partial charge is 0.328 e. The maximum Gasteiger partial charge on any atom is 0.0847 e. The second kappa shape index (κ2) is 5.52. The number of hydrogen-bond donors (Lipinski definition) is 1. The normalized spacial score (nSPS) is 13.1. The van der Waals surface area contributed by atoms with Crippen LogP contribution in [0.3, 0.4) is 0 Å². The molecule has 1 aromatic heterocycles. The SMILES string of the molecule is CCn1nc(C)c(Cl)c1CCCC(C)N. The summed E-state index contributed by atoms with van der Waals surface area (Å²) in [6.45, 7) is 6.94. The molecule has 0 bridgehead atoms. The van der Waals surface area contributed by atoms with Crippen LogP contribution in [0.15, 0.2) is 0 Å². The van der Waals surface area contributed by atoms with E-state index in [1.165, 1.54) is 0 Å². The van der Waals surface area contributed by atoms with Gasteiger partial charge in [-0.25, -0.2) is 0 Å². The molecule has 0 saturated carbocycles. The summed E-state index contributed by atoms with van der Waals surface area (Å²) in [5.41, 5.74) is 7.79. The van der Waals surface area contributed by atoms with E-state index in [1.54, 1.807) is 0 Å². The van der Waals surface area contributed by atoms with Gasteiger partial charge < -0.3 is 5.73 Å². The van der Waals surface area contributed by atoms with Crippen molar-refractivity contribution in [2.75, 3.05) is 0 Å². The van der Waals surface area contributed by atoms with Crippen molar-refractivity contribution < 1.29 is 0 Å². The average molecular weight is 230 g/mol. The quantitative estimate of drug-likeness (QED) is 0.844. The molecule has 0 aliphatic rings. The zero-order valence-corrected chi connectivity index (χ0v) is 10.5. The number of halogens is 1. The molecule has 0 spiro atoms. The van der Waals surface area contributed by atoms with Gasteiger partial charge in [0, 0.05) is 12.6 Å². The molecule has 2 N–H and O–H groups in total. The summed E-state index contributed by atoms with van der Waals surface area (Å²) >= 11 is 6.19. The summed E-state index contributed by atoms with van der Waals surface area (Å²) in [4.78, 5) is 0. The predicted molar refractivity (Wildman–Crippen MR) is 64.2 cm³/mol. The number of aryl methyl sites for hydroxylation is 2. The van der Waals surface area contributed by atoms with Crippen molar-refractivity contribution in [3.05, 3.63) is 16.4 Å². The van der Waals surface area contributed by atoms with E-state index in [1.807, 2.05) is 18.5 Å². The lowest BCUT2D eigenvalue weighted by Gasteiger charge is -2.07. The molecule has 1 atom stereocenters. The van der Waals surface area contributed by atoms with Gasteiger partial charge in [-0.15, -0.1) is 0 Å². The maximum atomic E-state index is 6.19.